The van der Waals surface area contributed by atoms with Crippen LogP contribution in [0.4, 0.5) is 11.4 Å². The zero-order chi connectivity index (χ0) is 17.2. The summed E-state index contributed by atoms with van der Waals surface area (Å²) in [6.07, 6.45) is 0. The van der Waals surface area contributed by atoms with Crippen LogP contribution in [0.1, 0.15) is 11.1 Å². The third kappa shape index (κ3) is 2.94. The summed E-state index contributed by atoms with van der Waals surface area (Å²) in [4.78, 5) is 19.3. The van der Waals surface area contributed by atoms with E-state index >= 15 is 0 Å². The molecule has 0 bridgehead atoms. The average Bonchev–Trinajstić information content (AvgIpc) is 2.92. The number of halogens is 1. The van der Waals surface area contributed by atoms with Crippen LogP contribution in [0.5, 0.6) is 0 Å². The van der Waals surface area contributed by atoms with E-state index in [4.69, 9.17) is 11.6 Å². The lowest BCUT2D eigenvalue weighted by Crippen LogP contribution is -2.25. The second kappa shape index (κ2) is 6.54. The number of para-hydroxylation sites is 2. The Labute approximate surface area is 151 Å². The summed E-state index contributed by atoms with van der Waals surface area (Å²) in [6, 6.07) is 24.9. The Hall–Kier alpha value is -2.91. The van der Waals surface area contributed by atoms with Crippen LogP contribution in [-0.2, 0) is 11.3 Å². The Balaban J connectivity index is 1.74. The second-order valence-corrected chi connectivity index (χ2v) is 6.22. The van der Waals surface area contributed by atoms with E-state index in [2.05, 4.69) is 4.99 Å². The molecule has 4 rings (SSSR count). The topological polar surface area (TPSA) is 32.7 Å². The highest BCUT2D eigenvalue weighted by atomic mass is 35.5. The van der Waals surface area contributed by atoms with Gasteiger partial charge in [-0.2, -0.15) is 0 Å². The van der Waals surface area contributed by atoms with E-state index in [0.717, 1.165) is 22.5 Å². The number of carbonyl (C=O) groups excluding carboxylic acids is 1. The van der Waals surface area contributed by atoms with Crippen molar-refractivity contribution < 1.29 is 4.79 Å². The number of rotatable bonds is 3. The molecule has 122 valence electrons. The Bertz CT molecular complexity index is 966. The molecular weight excluding hydrogens is 332 g/mol. The molecule has 3 nitrogen and oxygen atoms in total. The van der Waals surface area contributed by atoms with Gasteiger partial charge in [-0.15, -0.1) is 0 Å². The van der Waals surface area contributed by atoms with Crippen molar-refractivity contribution >= 4 is 34.6 Å². The van der Waals surface area contributed by atoms with Crippen LogP contribution in [0, 0.1) is 0 Å². The smallest absolute Gasteiger partial charge is 0.275 e. The number of hydrogen-bond acceptors (Lipinski definition) is 2. The summed E-state index contributed by atoms with van der Waals surface area (Å²) < 4.78 is 0. The number of hydrogen-bond donors (Lipinski definition) is 0. The highest BCUT2D eigenvalue weighted by Crippen LogP contribution is 2.35. The van der Waals surface area contributed by atoms with Gasteiger partial charge in [0.05, 0.1) is 12.2 Å². The molecular formula is C21H15ClN2O. The average molecular weight is 347 g/mol. The van der Waals surface area contributed by atoms with Crippen LogP contribution in [0.25, 0.3) is 0 Å². The fraction of sp³-hybridized carbons (Fsp3) is 0.0476. The molecule has 1 aliphatic rings. The number of aliphatic imine (C=N–C) groups is 1. The predicted octanol–water partition coefficient (Wildman–Crippen LogP) is 5.01. The van der Waals surface area contributed by atoms with Gasteiger partial charge in [0.25, 0.3) is 5.91 Å². The van der Waals surface area contributed by atoms with Crippen molar-refractivity contribution in [1.82, 2.24) is 0 Å². The van der Waals surface area contributed by atoms with Crippen molar-refractivity contribution in [3.63, 3.8) is 0 Å². The number of carbonyl (C=O) groups is 1. The molecule has 0 N–H and O–H groups in total. The SMILES string of the molecule is O=C1C(=NCc2cccc(Cl)c2)c2ccccc2N1c1ccccc1. The van der Waals surface area contributed by atoms with Crippen LogP contribution in [0.2, 0.25) is 5.02 Å². The van der Waals surface area contributed by atoms with Crippen molar-refractivity contribution in [1.29, 1.82) is 0 Å². The molecule has 0 fully saturated rings. The van der Waals surface area contributed by atoms with E-state index < -0.39 is 0 Å². The second-order valence-electron chi connectivity index (χ2n) is 5.79. The highest BCUT2D eigenvalue weighted by molar-refractivity contribution is 6.55. The minimum atomic E-state index is -0.102. The lowest BCUT2D eigenvalue weighted by atomic mass is 10.1. The van der Waals surface area contributed by atoms with E-state index in [0.29, 0.717) is 17.3 Å². The van der Waals surface area contributed by atoms with Gasteiger partial charge in [-0.3, -0.25) is 14.7 Å². The van der Waals surface area contributed by atoms with Gasteiger partial charge in [0.2, 0.25) is 0 Å². The lowest BCUT2D eigenvalue weighted by molar-refractivity contribution is -0.111. The van der Waals surface area contributed by atoms with E-state index in [1.54, 1.807) is 4.90 Å². The van der Waals surface area contributed by atoms with E-state index in [1.807, 2.05) is 78.9 Å². The fourth-order valence-corrected chi connectivity index (χ4v) is 3.20. The number of fused-ring (bicyclic) bond motifs is 1. The van der Waals surface area contributed by atoms with Crippen molar-refractivity contribution in [2.45, 2.75) is 6.54 Å². The van der Waals surface area contributed by atoms with E-state index in [1.165, 1.54) is 0 Å². The molecule has 1 aliphatic heterocycles. The molecule has 0 spiro atoms. The van der Waals surface area contributed by atoms with Crippen LogP contribution >= 0.6 is 11.6 Å². The van der Waals surface area contributed by atoms with Crippen LogP contribution in [-0.4, -0.2) is 11.6 Å². The fourth-order valence-electron chi connectivity index (χ4n) is 2.99. The van der Waals surface area contributed by atoms with Gasteiger partial charge in [-0.05, 0) is 35.9 Å². The van der Waals surface area contributed by atoms with Gasteiger partial charge in [0, 0.05) is 16.3 Å². The Morgan fingerprint density at radius 1 is 0.880 bits per heavy atom. The Morgan fingerprint density at radius 3 is 2.44 bits per heavy atom. The van der Waals surface area contributed by atoms with Crippen molar-refractivity contribution in [3.8, 4) is 0 Å². The standard InChI is InChI=1S/C21H15ClN2O/c22-16-8-6-7-15(13-16)14-23-20-18-11-4-5-12-19(18)24(21(20)25)17-9-2-1-3-10-17/h1-13H,14H2. The first-order valence-corrected chi connectivity index (χ1v) is 8.39. The molecule has 0 atom stereocenters. The molecule has 1 amide bonds. The molecule has 3 aromatic rings. The summed E-state index contributed by atoms with van der Waals surface area (Å²) in [5, 5.41) is 0.668. The van der Waals surface area contributed by atoms with Gasteiger partial charge < -0.3 is 0 Å². The van der Waals surface area contributed by atoms with Gasteiger partial charge in [-0.1, -0.05) is 60.1 Å². The zero-order valence-corrected chi connectivity index (χ0v) is 14.1. The molecule has 3 aromatic carbocycles. The molecule has 0 saturated carbocycles. The lowest BCUT2D eigenvalue weighted by Gasteiger charge is -2.16. The largest absolute Gasteiger partial charge is 0.281 e. The number of benzene rings is 3. The maximum atomic E-state index is 13.0. The number of anilines is 2. The Kier molecular flexibility index (Phi) is 4.08. The monoisotopic (exact) mass is 346 g/mol. The zero-order valence-electron chi connectivity index (χ0n) is 13.4. The quantitative estimate of drug-likeness (QED) is 0.656. The van der Waals surface area contributed by atoms with Gasteiger partial charge in [0.15, 0.2) is 0 Å². The van der Waals surface area contributed by atoms with Crippen molar-refractivity contribution in [2.75, 3.05) is 4.90 Å². The number of nitrogens with zero attached hydrogens (tertiary/aromatic N) is 2. The van der Waals surface area contributed by atoms with Crippen LogP contribution in [0.15, 0.2) is 83.9 Å². The van der Waals surface area contributed by atoms with Crippen LogP contribution in [0.3, 0.4) is 0 Å². The molecule has 0 saturated heterocycles. The molecule has 0 radical (unpaired) electrons. The molecule has 25 heavy (non-hydrogen) atoms. The normalized spacial score (nSPS) is 14.8. The molecule has 0 aliphatic carbocycles. The minimum Gasteiger partial charge on any atom is -0.275 e. The first-order chi connectivity index (χ1) is 12.2. The van der Waals surface area contributed by atoms with E-state index in [9.17, 15) is 4.79 Å². The highest BCUT2D eigenvalue weighted by Gasteiger charge is 2.34. The molecule has 4 heteroatoms. The summed E-state index contributed by atoms with van der Waals surface area (Å²) in [5.74, 6) is -0.102. The summed E-state index contributed by atoms with van der Waals surface area (Å²) >= 11 is 6.03. The molecule has 0 aromatic heterocycles. The summed E-state index contributed by atoms with van der Waals surface area (Å²) in [7, 11) is 0. The molecule has 0 unspecified atom stereocenters. The summed E-state index contributed by atoms with van der Waals surface area (Å²) in [5.41, 5.74) is 4.03. The van der Waals surface area contributed by atoms with Gasteiger partial charge in [0.1, 0.15) is 5.71 Å². The van der Waals surface area contributed by atoms with Crippen LogP contribution < -0.4 is 4.90 Å². The predicted molar refractivity (Wildman–Crippen MR) is 102 cm³/mol. The third-order valence-corrected chi connectivity index (χ3v) is 4.36. The van der Waals surface area contributed by atoms with Crippen molar-refractivity contribution in [3.05, 3.63) is 95.0 Å². The first kappa shape index (κ1) is 15.6. The Morgan fingerprint density at radius 2 is 1.64 bits per heavy atom. The first-order valence-electron chi connectivity index (χ1n) is 8.02. The van der Waals surface area contributed by atoms with Gasteiger partial charge in [-0.25, -0.2) is 0 Å². The van der Waals surface area contributed by atoms with E-state index in [-0.39, 0.29) is 5.91 Å². The number of amides is 1. The summed E-state index contributed by atoms with van der Waals surface area (Å²) in [6.45, 7) is 0.415. The van der Waals surface area contributed by atoms with Crippen molar-refractivity contribution in [2.24, 2.45) is 4.99 Å². The van der Waals surface area contributed by atoms with Gasteiger partial charge >= 0.3 is 0 Å². The maximum absolute atomic E-state index is 13.0. The molecule has 1 heterocycles. The maximum Gasteiger partial charge on any atom is 0.281 e. The third-order valence-electron chi connectivity index (χ3n) is 4.13. The minimum absolute atomic E-state index is 0.102.